The molecular formula is C13H17FN6. The average Bonchev–Trinajstić information content (AvgIpc) is 2.84. The van der Waals surface area contributed by atoms with Gasteiger partial charge in [-0.05, 0) is 6.92 Å². The van der Waals surface area contributed by atoms with Crippen LogP contribution in [0, 0.1) is 5.82 Å². The quantitative estimate of drug-likeness (QED) is 0.838. The van der Waals surface area contributed by atoms with E-state index in [-0.39, 0.29) is 6.04 Å². The number of hydrogen-bond donors (Lipinski definition) is 0. The van der Waals surface area contributed by atoms with Crippen LogP contribution in [0.25, 0.3) is 0 Å². The highest BCUT2D eigenvalue weighted by molar-refractivity contribution is 5.31. The number of aromatic nitrogens is 5. The van der Waals surface area contributed by atoms with Crippen molar-refractivity contribution in [1.29, 1.82) is 0 Å². The molecule has 0 fully saturated rings. The Hall–Kier alpha value is -2.05. The molecule has 3 rings (SSSR count). The predicted molar refractivity (Wildman–Crippen MR) is 71.9 cm³/mol. The molecule has 2 aromatic heterocycles. The molecule has 0 N–H and O–H groups in total. The highest BCUT2D eigenvalue weighted by Crippen LogP contribution is 2.26. The first kappa shape index (κ1) is 13.0. The first-order valence-corrected chi connectivity index (χ1v) is 6.72. The van der Waals surface area contributed by atoms with Crippen molar-refractivity contribution in [3.63, 3.8) is 0 Å². The first-order chi connectivity index (χ1) is 9.56. The zero-order chi connectivity index (χ0) is 14.3. The molecule has 1 aliphatic rings. The summed E-state index contributed by atoms with van der Waals surface area (Å²) in [4.78, 5) is 10.1. The largest absolute Gasteiger partial charge is 0.331 e. The highest BCUT2D eigenvalue weighted by atomic mass is 19.1. The van der Waals surface area contributed by atoms with Crippen molar-refractivity contribution >= 4 is 5.95 Å². The molecular weight excluding hydrogens is 259 g/mol. The number of rotatable bonds is 2. The van der Waals surface area contributed by atoms with Crippen LogP contribution in [0.3, 0.4) is 0 Å². The Morgan fingerprint density at radius 1 is 1.25 bits per heavy atom. The zero-order valence-electron chi connectivity index (χ0n) is 11.8. The summed E-state index contributed by atoms with van der Waals surface area (Å²) in [5, 5.41) is 8.54. The van der Waals surface area contributed by atoms with Crippen LogP contribution in [0.15, 0.2) is 12.4 Å². The van der Waals surface area contributed by atoms with Crippen LogP contribution in [0.4, 0.5) is 10.3 Å². The molecule has 2 aromatic rings. The van der Waals surface area contributed by atoms with Crippen molar-refractivity contribution in [1.82, 2.24) is 24.7 Å². The molecule has 6 nitrogen and oxygen atoms in total. The molecule has 0 radical (unpaired) electrons. The van der Waals surface area contributed by atoms with E-state index in [1.165, 1.54) is 12.4 Å². The standard InChI is InChI=1S/C13H17FN6/c1-8(2)12-18-17-11-7-19(6-9(3)20(11)12)13-15-4-10(14)5-16-13/h4-5,8-9H,6-7H2,1-3H3/t9-/m0/s1. The van der Waals surface area contributed by atoms with E-state index in [2.05, 4.69) is 45.5 Å². The van der Waals surface area contributed by atoms with E-state index in [1.807, 2.05) is 4.90 Å². The van der Waals surface area contributed by atoms with Gasteiger partial charge in [-0.3, -0.25) is 0 Å². The molecule has 0 saturated carbocycles. The van der Waals surface area contributed by atoms with Crippen LogP contribution in [0.5, 0.6) is 0 Å². The van der Waals surface area contributed by atoms with E-state index >= 15 is 0 Å². The minimum absolute atomic E-state index is 0.236. The molecule has 1 aliphatic heterocycles. The van der Waals surface area contributed by atoms with Crippen molar-refractivity contribution < 1.29 is 4.39 Å². The van der Waals surface area contributed by atoms with Gasteiger partial charge in [0.15, 0.2) is 11.6 Å². The van der Waals surface area contributed by atoms with E-state index in [4.69, 9.17) is 0 Å². The fourth-order valence-electron chi connectivity index (χ4n) is 2.58. The minimum Gasteiger partial charge on any atom is -0.331 e. The Morgan fingerprint density at radius 2 is 1.95 bits per heavy atom. The van der Waals surface area contributed by atoms with Gasteiger partial charge >= 0.3 is 0 Å². The van der Waals surface area contributed by atoms with Crippen LogP contribution < -0.4 is 4.90 Å². The third-order valence-electron chi connectivity index (χ3n) is 3.46. The lowest BCUT2D eigenvalue weighted by atomic mass is 10.1. The molecule has 3 heterocycles. The fourth-order valence-corrected chi connectivity index (χ4v) is 2.58. The Labute approximate surface area is 116 Å². The van der Waals surface area contributed by atoms with Crippen molar-refractivity contribution in [3.8, 4) is 0 Å². The number of anilines is 1. The third-order valence-corrected chi connectivity index (χ3v) is 3.46. The van der Waals surface area contributed by atoms with Gasteiger partial charge in [-0.25, -0.2) is 14.4 Å². The zero-order valence-corrected chi connectivity index (χ0v) is 11.8. The number of nitrogens with zero attached hydrogens (tertiary/aromatic N) is 6. The van der Waals surface area contributed by atoms with Gasteiger partial charge in [0.25, 0.3) is 0 Å². The second kappa shape index (κ2) is 4.81. The molecule has 0 aromatic carbocycles. The van der Waals surface area contributed by atoms with E-state index in [0.717, 1.165) is 18.2 Å². The van der Waals surface area contributed by atoms with E-state index in [9.17, 15) is 4.39 Å². The van der Waals surface area contributed by atoms with Gasteiger partial charge in [0, 0.05) is 12.5 Å². The third kappa shape index (κ3) is 2.13. The maximum atomic E-state index is 12.9. The summed E-state index contributed by atoms with van der Waals surface area (Å²) < 4.78 is 15.1. The molecule has 106 valence electrons. The second-order valence-electron chi connectivity index (χ2n) is 5.43. The van der Waals surface area contributed by atoms with Crippen molar-refractivity contribution in [3.05, 3.63) is 29.9 Å². The summed E-state index contributed by atoms with van der Waals surface area (Å²) in [6.45, 7) is 7.69. The monoisotopic (exact) mass is 276 g/mol. The molecule has 0 spiro atoms. The summed E-state index contributed by atoms with van der Waals surface area (Å²) in [5.74, 6) is 2.35. The van der Waals surface area contributed by atoms with E-state index in [0.29, 0.717) is 18.4 Å². The predicted octanol–water partition coefficient (Wildman–Crippen LogP) is 1.91. The van der Waals surface area contributed by atoms with Crippen LogP contribution in [-0.4, -0.2) is 31.3 Å². The number of fused-ring (bicyclic) bond motifs is 1. The minimum atomic E-state index is -0.427. The smallest absolute Gasteiger partial charge is 0.225 e. The van der Waals surface area contributed by atoms with Gasteiger partial charge in [0.2, 0.25) is 5.95 Å². The molecule has 20 heavy (non-hydrogen) atoms. The second-order valence-corrected chi connectivity index (χ2v) is 5.43. The Kier molecular flexibility index (Phi) is 3.11. The molecule has 0 aliphatic carbocycles. The van der Waals surface area contributed by atoms with Gasteiger partial charge in [-0.2, -0.15) is 0 Å². The van der Waals surface area contributed by atoms with Crippen molar-refractivity contribution in [2.45, 2.75) is 39.3 Å². The number of halogens is 1. The molecule has 0 unspecified atom stereocenters. The van der Waals surface area contributed by atoms with Gasteiger partial charge < -0.3 is 9.47 Å². The van der Waals surface area contributed by atoms with Gasteiger partial charge in [0.1, 0.15) is 5.82 Å². The normalized spacial score (nSPS) is 18.4. The summed E-state index contributed by atoms with van der Waals surface area (Å²) in [6, 6.07) is 0.236. The maximum Gasteiger partial charge on any atom is 0.225 e. The van der Waals surface area contributed by atoms with Gasteiger partial charge in [-0.15, -0.1) is 10.2 Å². The SMILES string of the molecule is CC(C)c1nnc2n1[C@@H](C)CN(c1ncc(F)cn1)C2. The lowest BCUT2D eigenvalue weighted by molar-refractivity contribution is 0.438. The molecule has 0 bridgehead atoms. The first-order valence-electron chi connectivity index (χ1n) is 6.72. The van der Waals surface area contributed by atoms with Crippen LogP contribution in [0.1, 0.15) is 44.4 Å². The van der Waals surface area contributed by atoms with Gasteiger partial charge in [0.05, 0.1) is 25.0 Å². The average molecular weight is 276 g/mol. The lowest BCUT2D eigenvalue weighted by Crippen LogP contribution is -2.38. The summed E-state index contributed by atoms with van der Waals surface area (Å²) in [5.41, 5.74) is 0. The summed E-state index contributed by atoms with van der Waals surface area (Å²) in [7, 11) is 0. The summed E-state index contributed by atoms with van der Waals surface area (Å²) >= 11 is 0. The van der Waals surface area contributed by atoms with Gasteiger partial charge in [-0.1, -0.05) is 13.8 Å². The fraction of sp³-hybridized carbons (Fsp3) is 0.538. The van der Waals surface area contributed by atoms with Crippen LogP contribution in [0.2, 0.25) is 0 Å². The number of hydrogen-bond acceptors (Lipinski definition) is 5. The van der Waals surface area contributed by atoms with Crippen LogP contribution >= 0.6 is 0 Å². The topological polar surface area (TPSA) is 59.7 Å². The maximum absolute atomic E-state index is 12.9. The Morgan fingerprint density at radius 3 is 2.60 bits per heavy atom. The van der Waals surface area contributed by atoms with Crippen LogP contribution in [-0.2, 0) is 6.54 Å². The molecule has 1 atom stereocenters. The lowest BCUT2D eigenvalue weighted by Gasteiger charge is -2.32. The van der Waals surface area contributed by atoms with Crippen molar-refractivity contribution in [2.75, 3.05) is 11.4 Å². The molecule has 7 heteroatoms. The highest BCUT2D eigenvalue weighted by Gasteiger charge is 2.28. The Balaban J connectivity index is 1.91. The molecule has 0 saturated heterocycles. The Bertz CT molecular complexity index is 606. The van der Waals surface area contributed by atoms with E-state index < -0.39 is 5.82 Å². The van der Waals surface area contributed by atoms with Crippen molar-refractivity contribution in [2.24, 2.45) is 0 Å². The molecule has 0 amide bonds. The summed E-state index contributed by atoms with van der Waals surface area (Å²) in [6.07, 6.45) is 2.37. The van der Waals surface area contributed by atoms with E-state index in [1.54, 1.807) is 0 Å².